The maximum Gasteiger partial charge on any atom is 0.124 e. The number of fused-ring (bicyclic) bond motifs is 2. The predicted molar refractivity (Wildman–Crippen MR) is 118 cm³/mol. The summed E-state index contributed by atoms with van der Waals surface area (Å²) in [6.45, 7) is 1.70. The lowest BCUT2D eigenvalue weighted by molar-refractivity contribution is 0.201. The van der Waals surface area contributed by atoms with E-state index in [-0.39, 0.29) is 0 Å². The summed E-state index contributed by atoms with van der Waals surface area (Å²) >= 11 is 0. The smallest absolute Gasteiger partial charge is 0.124 e. The number of imidazole rings is 2. The van der Waals surface area contributed by atoms with E-state index in [4.69, 9.17) is 9.97 Å². The van der Waals surface area contributed by atoms with Gasteiger partial charge < -0.3 is 9.13 Å². The molecule has 6 nitrogen and oxygen atoms in total. The van der Waals surface area contributed by atoms with Crippen LogP contribution in [0.15, 0.2) is 55.1 Å². The van der Waals surface area contributed by atoms with Gasteiger partial charge in [-0.15, -0.1) is 0 Å². The van der Waals surface area contributed by atoms with Crippen LogP contribution in [0.3, 0.4) is 0 Å². The molecule has 4 aromatic rings. The molecule has 1 aliphatic rings. The molecule has 0 radical (unpaired) electrons. The third-order valence-corrected chi connectivity index (χ3v) is 6.33. The zero-order chi connectivity index (χ0) is 20.5. The van der Waals surface area contributed by atoms with Crippen LogP contribution in [0, 0.1) is 0 Å². The molecule has 1 unspecified atom stereocenters. The van der Waals surface area contributed by atoms with Gasteiger partial charge in [0.1, 0.15) is 5.82 Å². The average Bonchev–Trinajstić information content (AvgIpc) is 3.34. The van der Waals surface area contributed by atoms with Crippen molar-refractivity contribution in [2.45, 2.75) is 44.8 Å². The van der Waals surface area contributed by atoms with Crippen LogP contribution in [-0.4, -0.2) is 36.0 Å². The fourth-order valence-corrected chi connectivity index (χ4v) is 4.69. The van der Waals surface area contributed by atoms with E-state index in [1.165, 1.54) is 28.9 Å². The molecule has 0 saturated carbocycles. The SMILES string of the molecule is CN(Cc1nc2ccccc2n1CCc1cncn1C)C1CCCc2cccnc21. The lowest BCUT2D eigenvalue weighted by Crippen LogP contribution is -2.29. The first-order valence-corrected chi connectivity index (χ1v) is 10.7. The highest BCUT2D eigenvalue weighted by Gasteiger charge is 2.26. The zero-order valence-electron chi connectivity index (χ0n) is 17.7. The van der Waals surface area contributed by atoms with Crippen molar-refractivity contribution >= 4 is 11.0 Å². The minimum Gasteiger partial charge on any atom is -0.338 e. The van der Waals surface area contributed by atoms with Gasteiger partial charge in [0.2, 0.25) is 0 Å². The van der Waals surface area contributed by atoms with E-state index in [2.05, 4.69) is 69.5 Å². The number of rotatable bonds is 6. The van der Waals surface area contributed by atoms with Gasteiger partial charge in [0.25, 0.3) is 0 Å². The third kappa shape index (κ3) is 3.52. The number of benzene rings is 1. The minimum atomic E-state index is 0.347. The van der Waals surface area contributed by atoms with Crippen molar-refractivity contribution in [3.8, 4) is 0 Å². The molecule has 0 fully saturated rings. The summed E-state index contributed by atoms with van der Waals surface area (Å²) in [5.74, 6) is 1.11. The molecule has 0 aliphatic heterocycles. The van der Waals surface area contributed by atoms with E-state index in [1.807, 2.05) is 18.7 Å². The van der Waals surface area contributed by atoms with E-state index in [1.54, 1.807) is 0 Å². The molecule has 0 spiro atoms. The first-order valence-electron chi connectivity index (χ1n) is 10.7. The molecule has 0 bridgehead atoms. The second kappa shape index (κ2) is 8.03. The van der Waals surface area contributed by atoms with E-state index in [0.717, 1.165) is 43.7 Å². The van der Waals surface area contributed by atoms with Crippen LogP contribution in [0.1, 0.15) is 41.7 Å². The van der Waals surface area contributed by atoms with Gasteiger partial charge in [-0.05, 0) is 50.1 Å². The van der Waals surface area contributed by atoms with Crippen LogP contribution < -0.4 is 0 Å². The molecule has 5 rings (SSSR count). The largest absolute Gasteiger partial charge is 0.338 e. The molecule has 0 saturated heterocycles. The summed E-state index contributed by atoms with van der Waals surface area (Å²) in [5.41, 5.74) is 6.13. The molecule has 30 heavy (non-hydrogen) atoms. The predicted octanol–water partition coefficient (Wildman–Crippen LogP) is 3.92. The lowest BCUT2D eigenvalue weighted by Gasteiger charge is -2.32. The number of aromatic nitrogens is 5. The van der Waals surface area contributed by atoms with Crippen molar-refractivity contribution in [2.75, 3.05) is 7.05 Å². The molecular weight excluding hydrogens is 372 g/mol. The molecule has 1 atom stereocenters. The Morgan fingerprint density at radius 2 is 2.07 bits per heavy atom. The zero-order valence-corrected chi connectivity index (χ0v) is 17.7. The lowest BCUT2D eigenvalue weighted by atomic mass is 9.91. The van der Waals surface area contributed by atoms with Crippen molar-refractivity contribution in [3.05, 3.63) is 77.9 Å². The summed E-state index contributed by atoms with van der Waals surface area (Å²) in [7, 11) is 4.26. The Morgan fingerprint density at radius 1 is 1.17 bits per heavy atom. The van der Waals surface area contributed by atoms with Gasteiger partial charge in [0, 0.05) is 38.1 Å². The Kier molecular flexibility index (Phi) is 5.09. The van der Waals surface area contributed by atoms with Gasteiger partial charge in [-0.1, -0.05) is 18.2 Å². The number of para-hydroxylation sites is 2. The van der Waals surface area contributed by atoms with Crippen molar-refractivity contribution in [3.63, 3.8) is 0 Å². The average molecular weight is 401 g/mol. The molecule has 3 aromatic heterocycles. The Labute approximate surface area is 177 Å². The van der Waals surface area contributed by atoms with Crippen molar-refractivity contribution in [2.24, 2.45) is 7.05 Å². The Balaban J connectivity index is 1.43. The van der Waals surface area contributed by atoms with E-state index in [9.17, 15) is 0 Å². The number of nitrogens with zero attached hydrogens (tertiary/aromatic N) is 6. The fraction of sp³-hybridized carbons (Fsp3) is 0.375. The van der Waals surface area contributed by atoms with Crippen LogP contribution in [-0.2, 0) is 33.0 Å². The molecule has 0 N–H and O–H groups in total. The van der Waals surface area contributed by atoms with Gasteiger partial charge >= 0.3 is 0 Å². The van der Waals surface area contributed by atoms with Crippen LogP contribution in [0.4, 0.5) is 0 Å². The van der Waals surface area contributed by atoms with E-state index < -0.39 is 0 Å². The number of pyridine rings is 1. The van der Waals surface area contributed by atoms with Crippen LogP contribution >= 0.6 is 0 Å². The van der Waals surface area contributed by atoms with E-state index in [0.29, 0.717) is 6.04 Å². The summed E-state index contributed by atoms with van der Waals surface area (Å²) < 4.78 is 4.47. The molecule has 3 heterocycles. The maximum absolute atomic E-state index is 5.00. The van der Waals surface area contributed by atoms with Crippen molar-refractivity contribution < 1.29 is 0 Å². The van der Waals surface area contributed by atoms with Gasteiger partial charge in [0.05, 0.1) is 35.6 Å². The first kappa shape index (κ1) is 19.0. The Morgan fingerprint density at radius 3 is 2.93 bits per heavy atom. The second-order valence-electron chi connectivity index (χ2n) is 8.29. The molecular formula is C24H28N6. The summed E-state index contributed by atoms with van der Waals surface area (Å²) in [4.78, 5) is 16.4. The number of aryl methyl sites for hydroxylation is 4. The molecule has 1 aliphatic carbocycles. The highest BCUT2D eigenvalue weighted by molar-refractivity contribution is 5.75. The quantitative estimate of drug-likeness (QED) is 0.492. The highest BCUT2D eigenvalue weighted by Crippen LogP contribution is 2.33. The van der Waals surface area contributed by atoms with Crippen LogP contribution in [0.5, 0.6) is 0 Å². The monoisotopic (exact) mass is 400 g/mol. The fourth-order valence-electron chi connectivity index (χ4n) is 4.69. The van der Waals surface area contributed by atoms with Gasteiger partial charge in [-0.2, -0.15) is 0 Å². The van der Waals surface area contributed by atoms with Crippen molar-refractivity contribution in [1.82, 2.24) is 29.0 Å². The van der Waals surface area contributed by atoms with Crippen molar-refractivity contribution in [1.29, 1.82) is 0 Å². The summed E-state index contributed by atoms with van der Waals surface area (Å²) in [6, 6.07) is 13.1. The summed E-state index contributed by atoms with van der Waals surface area (Å²) in [6.07, 6.45) is 10.2. The molecule has 1 aromatic carbocycles. The number of hydrogen-bond acceptors (Lipinski definition) is 4. The number of hydrogen-bond donors (Lipinski definition) is 0. The first-order chi connectivity index (χ1) is 14.7. The molecule has 0 amide bonds. The Bertz CT molecular complexity index is 1160. The standard InChI is InChI=1S/C24H28N6/c1-28(22-11-5-7-18-8-6-13-26-24(18)22)16-23-27-20-9-3-4-10-21(20)30(23)14-12-19-15-25-17-29(19)2/h3-4,6,8-10,13,15,17,22H,5,7,11-12,14,16H2,1-2H3. The maximum atomic E-state index is 5.00. The minimum absolute atomic E-state index is 0.347. The second-order valence-corrected chi connectivity index (χ2v) is 8.29. The molecule has 154 valence electrons. The normalized spacial score (nSPS) is 16.3. The van der Waals surface area contributed by atoms with Gasteiger partial charge in [-0.25, -0.2) is 9.97 Å². The highest BCUT2D eigenvalue weighted by atomic mass is 15.2. The van der Waals surface area contributed by atoms with Gasteiger partial charge in [-0.3, -0.25) is 9.88 Å². The Hall–Kier alpha value is -2.99. The van der Waals surface area contributed by atoms with Gasteiger partial charge in [0.15, 0.2) is 0 Å². The van der Waals surface area contributed by atoms with Crippen LogP contribution in [0.25, 0.3) is 11.0 Å². The topological polar surface area (TPSA) is 51.8 Å². The summed E-state index contributed by atoms with van der Waals surface area (Å²) in [5, 5.41) is 0. The van der Waals surface area contributed by atoms with E-state index >= 15 is 0 Å². The molecule has 6 heteroatoms. The van der Waals surface area contributed by atoms with Crippen LogP contribution in [0.2, 0.25) is 0 Å². The third-order valence-electron chi connectivity index (χ3n) is 6.33.